The topological polar surface area (TPSA) is 21.3 Å². The monoisotopic (exact) mass is 291 g/mol. The van der Waals surface area contributed by atoms with Crippen LogP contribution in [0.4, 0.5) is 0 Å². The summed E-state index contributed by atoms with van der Waals surface area (Å²) in [7, 11) is 1.93. The van der Waals surface area contributed by atoms with Gasteiger partial charge in [0, 0.05) is 16.9 Å². The van der Waals surface area contributed by atoms with Gasteiger partial charge in [-0.1, -0.05) is 34.5 Å². The van der Waals surface area contributed by atoms with E-state index in [-0.39, 0.29) is 0 Å². The molecule has 0 spiro atoms. The fourth-order valence-corrected chi connectivity index (χ4v) is 1.74. The minimum atomic E-state index is 0.463. The Morgan fingerprint density at radius 1 is 1.53 bits per heavy atom. The molecule has 1 aromatic carbocycles. The summed E-state index contributed by atoms with van der Waals surface area (Å²) in [6, 6.07) is 5.60. The van der Waals surface area contributed by atoms with Gasteiger partial charge in [-0.15, -0.1) is 0 Å². The molecule has 1 N–H and O–H groups in total. The van der Waals surface area contributed by atoms with Crippen molar-refractivity contribution in [2.24, 2.45) is 5.92 Å². The minimum Gasteiger partial charge on any atom is -0.492 e. The second kappa shape index (κ2) is 6.36. The van der Waals surface area contributed by atoms with Gasteiger partial charge >= 0.3 is 0 Å². The van der Waals surface area contributed by atoms with E-state index in [1.54, 1.807) is 0 Å². The molecule has 0 radical (unpaired) electrons. The van der Waals surface area contributed by atoms with Gasteiger partial charge in [0.25, 0.3) is 0 Å². The van der Waals surface area contributed by atoms with E-state index in [1.807, 2.05) is 25.2 Å². The van der Waals surface area contributed by atoms with Crippen LogP contribution in [0.3, 0.4) is 0 Å². The van der Waals surface area contributed by atoms with Gasteiger partial charge in [-0.05, 0) is 25.2 Å². The Morgan fingerprint density at radius 3 is 2.93 bits per heavy atom. The summed E-state index contributed by atoms with van der Waals surface area (Å²) in [4.78, 5) is 0. The van der Waals surface area contributed by atoms with Gasteiger partial charge in [0.2, 0.25) is 0 Å². The summed E-state index contributed by atoms with van der Waals surface area (Å²) < 4.78 is 6.61. The molecule has 4 heteroatoms. The number of hydrogen-bond donors (Lipinski definition) is 1. The fourth-order valence-electron chi connectivity index (χ4n) is 1.23. The molecule has 0 heterocycles. The Bertz CT molecular complexity index is 319. The van der Waals surface area contributed by atoms with Crippen LogP contribution in [0.15, 0.2) is 22.7 Å². The highest BCUT2D eigenvalue weighted by Gasteiger charge is 2.05. The zero-order valence-electron chi connectivity index (χ0n) is 8.89. The molecule has 1 atom stereocenters. The van der Waals surface area contributed by atoms with Crippen LogP contribution in [0, 0.1) is 5.92 Å². The Labute approximate surface area is 104 Å². The number of benzene rings is 1. The van der Waals surface area contributed by atoms with Crippen molar-refractivity contribution < 1.29 is 4.74 Å². The van der Waals surface area contributed by atoms with Crippen LogP contribution in [0.5, 0.6) is 5.75 Å². The smallest absolute Gasteiger partial charge is 0.139 e. The first-order valence-corrected chi connectivity index (χ1v) is 6.03. The molecule has 0 aromatic heterocycles. The Balaban J connectivity index is 2.53. The Kier molecular flexibility index (Phi) is 5.43. The summed E-state index contributed by atoms with van der Waals surface area (Å²) in [6.45, 7) is 3.73. The first-order chi connectivity index (χ1) is 7.13. The molecule has 15 heavy (non-hydrogen) atoms. The fraction of sp³-hybridized carbons (Fsp3) is 0.455. The molecule has 0 saturated heterocycles. The van der Waals surface area contributed by atoms with E-state index in [0.717, 1.165) is 16.8 Å². The van der Waals surface area contributed by atoms with Gasteiger partial charge in [-0.25, -0.2) is 0 Å². The van der Waals surface area contributed by atoms with Crippen LogP contribution in [0.2, 0.25) is 5.02 Å². The van der Waals surface area contributed by atoms with Gasteiger partial charge in [0.05, 0.1) is 11.6 Å². The van der Waals surface area contributed by atoms with Gasteiger partial charge in [-0.3, -0.25) is 0 Å². The zero-order chi connectivity index (χ0) is 11.3. The second-order valence-corrected chi connectivity index (χ2v) is 4.87. The van der Waals surface area contributed by atoms with Crippen molar-refractivity contribution in [3.63, 3.8) is 0 Å². The second-order valence-electron chi connectivity index (χ2n) is 3.55. The number of halogens is 2. The molecular weight excluding hydrogens is 277 g/mol. The lowest BCUT2D eigenvalue weighted by atomic mass is 10.2. The normalized spacial score (nSPS) is 12.5. The van der Waals surface area contributed by atoms with Crippen molar-refractivity contribution in [3.05, 3.63) is 27.7 Å². The Morgan fingerprint density at radius 2 is 2.27 bits per heavy atom. The molecule has 1 rings (SSSR count). The van der Waals surface area contributed by atoms with Gasteiger partial charge in [0.1, 0.15) is 5.75 Å². The molecule has 2 nitrogen and oxygen atoms in total. The molecule has 0 amide bonds. The first-order valence-electron chi connectivity index (χ1n) is 4.86. The lowest BCUT2D eigenvalue weighted by molar-refractivity contribution is 0.258. The van der Waals surface area contributed by atoms with Crippen molar-refractivity contribution in [1.82, 2.24) is 5.32 Å². The molecule has 84 valence electrons. The van der Waals surface area contributed by atoms with E-state index in [4.69, 9.17) is 16.3 Å². The van der Waals surface area contributed by atoms with Crippen molar-refractivity contribution in [2.75, 3.05) is 20.2 Å². The maximum Gasteiger partial charge on any atom is 0.139 e. The molecule has 1 aromatic rings. The molecular formula is C11H15BrClNO. The van der Waals surface area contributed by atoms with Crippen molar-refractivity contribution in [1.29, 1.82) is 0 Å². The van der Waals surface area contributed by atoms with Crippen LogP contribution >= 0.6 is 27.5 Å². The standard InChI is InChI=1S/C11H15BrClNO/c1-8(6-14-2)7-15-11-5-9(12)3-4-10(11)13/h3-5,8,14H,6-7H2,1-2H3. The maximum absolute atomic E-state index is 6.00. The van der Waals surface area contributed by atoms with Gasteiger partial charge in [0.15, 0.2) is 0 Å². The largest absolute Gasteiger partial charge is 0.492 e. The maximum atomic E-state index is 6.00. The highest BCUT2D eigenvalue weighted by atomic mass is 79.9. The summed E-state index contributed by atoms with van der Waals surface area (Å²) in [5, 5.41) is 3.76. The van der Waals surface area contributed by atoms with Crippen LogP contribution in [-0.2, 0) is 0 Å². The predicted molar refractivity (Wildman–Crippen MR) is 67.7 cm³/mol. The third-order valence-corrected chi connectivity index (χ3v) is 2.77. The van der Waals surface area contributed by atoms with Crippen molar-refractivity contribution in [3.8, 4) is 5.75 Å². The first kappa shape index (κ1) is 12.8. The van der Waals surface area contributed by atoms with Crippen molar-refractivity contribution >= 4 is 27.5 Å². The van der Waals surface area contributed by atoms with E-state index >= 15 is 0 Å². The third-order valence-electron chi connectivity index (χ3n) is 1.97. The number of nitrogens with one attached hydrogen (secondary N) is 1. The van der Waals surface area contributed by atoms with Crippen molar-refractivity contribution in [2.45, 2.75) is 6.92 Å². The van der Waals surface area contributed by atoms with Crippen LogP contribution < -0.4 is 10.1 Å². The van der Waals surface area contributed by atoms with E-state index < -0.39 is 0 Å². The van der Waals surface area contributed by atoms with Gasteiger partial charge in [-0.2, -0.15) is 0 Å². The SMILES string of the molecule is CNCC(C)COc1cc(Br)ccc1Cl. The lowest BCUT2D eigenvalue weighted by Crippen LogP contribution is -2.21. The quantitative estimate of drug-likeness (QED) is 0.899. The van der Waals surface area contributed by atoms with E-state index in [9.17, 15) is 0 Å². The zero-order valence-corrected chi connectivity index (χ0v) is 11.2. The summed E-state index contributed by atoms with van der Waals surface area (Å²) in [6.07, 6.45) is 0. The van der Waals surface area contributed by atoms with E-state index in [2.05, 4.69) is 28.2 Å². The van der Waals surface area contributed by atoms with Crippen LogP contribution in [0.25, 0.3) is 0 Å². The highest BCUT2D eigenvalue weighted by molar-refractivity contribution is 9.10. The summed E-state index contributed by atoms with van der Waals surface area (Å²) in [5.41, 5.74) is 0. The van der Waals surface area contributed by atoms with Gasteiger partial charge < -0.3 is 10.1 Å². The Hall–Kier alpha value is -0.250. The average Bonchev–Trinajstić information content (AvgIpc) is 2.20. The molecule has 0 aliphatic heterocycles. The highest BCUT2D eigenvalue weighted by Crippen LogP contribution is 2.28. The summed E-state index contributed by atoms with van der Waals surface area (Å²) in [5.74, 6) is 1.19. The number of rotatable bonds is 5. The lowest BCUT2D eigenvalue weighted by Gasteiger charge is -2.13. The molecule has 0 bridgehead atoms. The van der Waals surface area contributed by atoms with Crippen LogP contribution in [0.1, 0.15) is 6.92 Å². The number of hydrogen-bond acceptors (Lipinski definition) is 2. The molecule has 1 unspecified atom stereocenters. The third kappa shape index (κ3) is 4.41. The molecule has 0 aliphatic rings. The van der Waals surface area contributed by atoms with E-state index in [1.165, 1.54) is 0 Å². The molecule has 0 fully saturated rings. The molecule has 0 aliphatic carbocycles. The van der Waals surface area contributed by atoms with Crippen LogP contribution in [-0.4, -0.2) is 20.2 Å². The summed E-state index contributed by atoms with van der Waals surface area (Å²) >= 11 is 9.38. The number of ether oxygens (including phenoxy) is 1. The predicted octanol–water partition coefficient (Wildman–Crippen LogP) is 3.34. The molecule has 0 saturated carbocycles. The van der Waals surface area contributed by atoms with E-state index in [0.29, 0.717) is 17.5 Å². The average molecular weight is 293 g/mol. The minimum absolute atomic E-state index is 0.463.